The average molecular weight is 324 g/mol. The number of ether oxygens (including phenoxy) is 3. The van der Waals surface area contributed by atoms with E-state index in [0.717, 1.165) is 27.7 Å². The molecular formula is C19H20N2O3. The van der Waals surface area contributed by atoms with Crippen molar-refractivity contribution in [1.82, 2.24) is 4.98 Å². The van der Waals surface area contributed by atoms with Gasteiger partial charge in [-0.2, -0.15) is 0 Å². The summed E-state index contributed by atoms with van der Waals surface area (Å²) in [5.74, 6) is 1.38. The number of nitrogens with zero attached hydrogens (tertiary/aromatic N) is 1. The molecule has 3 aromatic rings. The minimum absolute atomic E-state index is 0.481. The van der Waals surface area contributed by atoms with E-state index in [0.29, 0.717) is 23.8 Å². The van der Waals surface area contributed by atoms with E-state index in [1.807, 2.05) is 42.5 Å². The molecule has 0 saturated carbocycles. The first kappa shape index (κ1) is 16.1. The maximum atomic E-state index is 6.01. The van der Waals surface area contributed by atoms with Gasteiger partial charge in [-0.25, -0.2) is 4.98 Å². The zero-order valence-electron chi connectivity index (χ0n) is 14.0. The molecule has 0 amide bonds. The van der Waals surface area contributed by atoms with E-state index in [1.165, 1.54) is 0 Å². The van der Waals surface area contributed by atoms with Gasteiger partial charge in [-0.05, 0) is 42.0 Å². The Hall–Kier alpha value is -2.79. The highest BCUT2D eigenvalue weighted by Crippen LogP contribution is 2.39. The summed E-state index contributed by atoms with van der Waals surface area (Å²) in [7, 11) is 4.92. The molecule has 0 aliphatic rings. The summed E-state index contributed by atoms with van der Waals surface area (Å²) in [6.07, 6.45) is 0. The van der Waals surface area contributed by atoms with Crippen LogP contribution >= 0.6 is 0 Å². The third kappa shape index (κ3) is 2.86. The molecule has 0 aliphatic heterocycles. The van der Waals surface area contributed by atoms with E-state index in [4.69, 9.17) is 24.9 Å². The second-order valence-electron chi connectivity index (χ2n) is 5.42. The van der Waals surface area contributed by atoms with Crippen LogP contribution in [0.15, 0.2) is 42.5 Å². The molecule has 2 aromatic carbocycles. The molecule has 5 heteroatoms. The number of hydrogen-bond donors (Lipinski definition) is 1. The first-order chi connectivity index (χ1) is 11.7. The van der Waals surface area contributed by atoms with Crippen LogP contribution in [0.25, 0.3) is 22.2 Å². The highest BCUT2D eigenvalue weighted by Gasteiger charge is 2.16. The predicted molar refractivity (Wildman–Crippen MR) is 95.4 cm³/mol. The normalized spacial score (nSPS) is 10.8. The third-order valence-electron chi connectivity index (χ3n) is 3.90. The molecule has 5 nitrogen and oxygen atoms in total. The molecule has 2 N–H and O–H groups in total. The van der Waals surface area contributed by atoms with Crippen LogP contribution in [0.3, 0.4) is 0 Å². The van der Waals surface area contributed by atoms with E-state index in [2.05, 4.69) is 0 Å². The molecule has 124 valence electrons. The van der Waals surface area contributed by atoms with Crippen LogP contribution in [0.2, 0.25) is 0 Å². The molecule has 3 rings (SSSR count). The number of methoxy groups -OCH3 is 3. The number of fused-ring (bicyclic) bond motifs is 1. The van der Waals surface area contributed by atoms with Crippen molar-refractivity contribution in [3.63, 3.8) is 0 Å². The highest BCUT2D eigenvalue weighted by atomic mass is 16.5. The Bertz CT molecular complexity index is 853. The second kappa shape index (κ2) is 6.76. The molecule has 1 aromatic heterocycles. The van der Waals surface area contributed by atoms with Gasteiger partial charge < -0.3 is 19.9 Å². The Kier molecular flexibility index (Phi) is 4.53. The van der Waals surface area contributed by atoms with Crippen molar-refractivity contribution < 1.29 is 14.2 Å². The Morgan fingerprint density at radius 2 is 1.67 bits per heavy atom. The van der Waals surface area contributed by atoms with E-state index in [1.54, 1.807) is 21.3 Å². The minimum atomic E-state index is 0.481. The fourth-order valence-electron chi connectivity index (χ4n) is 2.79. The third-order valence-corrected chi connectivity index (χ3v) is 3.90. The molecule has 0 atom stereocenters. The molecule has 0 spiro atoms. The molecule has 0 unspecified atom stereocenters. The monoisotopic (exact) mass is 324 g/mol. The molecule has 0 aliphatic carbocycles. The van der Waals surface area contributed by atoms with Crippen LogP contribution in [0.5, 0.6) is 11.5 Å². The SMILES string of the molecule is COCc1cc(OC)c(-c2ccc3c(N)cccc3n2)c(OC)c1. The van der Waals surface area contributed by atoms with E-state index < -0.39 is 0 Å². The number of hydrogen-bond acceptors (Lipinski definition) is 5. The van der Waals surface area contributed by atoms with Crippen LogP contribution in [0.4, 0.5) is 5.69 Å². The zero-order valence-corrected chi connectivity index (χ0v) is 14.0. The Balaban J connectivity index is 2.21. The van der Waals surface area contributed by atoms with Crippen LogP contribution < -0.4 is 15.2 Å². The molecule has 0 fully saturated rings. The van der Waals surface area contributed by atoms with Crippen molar-refractivity contribution in [2.75, 3.05) is 27.1 Å². The van der Waals surface area contributed by atoms with Gasteiger partial charge in [0.1, 0.15) is 11.5 Å². The van der Waals surface area contributed by atoms with Crippen molar-refractivity contribution in [2.24, 2.45) is 0 Å². The van der Waals surface area contributed by atoms with E-state index >= 15 is 0 Å². The maximum absolute atomic E-state index is 6.01. The topological polar surface area (TPSA) is 66.6 Å². The van der Waals surface area contributed by atoms with E-state index in [9.17, 15) is 0 Å². The predicted octanol–water partition coefficient (Wildman–Crippen LogP) is 3.65. The summed E-state index contributed by atoms with van der Waals surface area (Å²) < 4.78 is 16.3. The largest absolute Gasteiger partial charge is 0.496 e. The van der Waals surface area contributed by atoms with Crippen molar-refractivity contribution in [2.45, 2.75) is 6.61 Å². The Morgan fingerprint density at radius 1 is 0.958 bits per heavy atom. The summed E-state index contributed by atoms with van der Waals surface area (Å²) in [5.41, 5.74) is 10.1. The standard InChI is InChI=1S/C19H20N2O3/c1-22-11-12-9-17(23-2)19(18(10-12)24-3)16-8-7-13-14(20)5-4-6-15(13)21-16/h4-10H,11,20H2,1-3H3. The number of aromatic nitrogens is 1. The van der Waals surface area contributed by atoms with Crippen molar-refractivity contribution in [1.29, 1.82) is 0 Å². The van der Waals surface area contributed by atoms with Gasteiger partial charge in [0.25, 0.3) is 0 Å². The van der Waals surface area contributed by atoms with Gasteiger partial charge in [0, 0.05) is 18.2 Å². The summed E-state index contributed by atoms with van der Waals surface area (Å²) in [5, 5.41) is 0.926. The minimum Gasteiger partial charge on any atom is -0.496 e. The smallest absolute Gasteiger partial charge is 0.132 e. The van der Waals surface area contributed by atoms with Gasteiger partial charge in [0.15, 0.2) is 0 Å². The van der Waals surface area contributed by atoms with Gasteiger partial charge >= 0.3 is 0 Å². The lowest BCUT2D eigenvalue weighted by Gasteiger charge is -2.15. The molecule has 24 heavy (non-hydrogen) atoms. The molecule has 0 radical (unpaired) electrons. The Labute approximate surface area is 141 Å². The first-order valence-electron chi connectivity index (χ1n) is 7.57. The zero-order chi connectivity index (χ0) is 17.1. The van der Waals surface area contributed by atoms with Crippen molar-refractivity contribution in [3.05, 3.63) is 48.0 Å². The lowest BCUT2D eigenvalue weighted by molar-refractivity contribution is 0.184. The van der Waals surface area contributed by atoms with Crippen LogP contribution in [0.1, 0.15) is 5.56 Å². The highest BCUT2D eigenvalue weighted by molar-refractivity contribution is 5.92. The van der Waals surface area contributed by atoms with Gasteiger partial charge in [0.2, 0.25) is 0 Å². The average Bonchev–Trinajstić information content (AvgIpc) is 2.61. The van der Waals surface area contributed by atoms with Gasteiger partial charge in [-0.3, -0.25) is 0 Å². The van der Waals surface area contributed by atoms with Crippen molar-refractivity contribution >= 4 is 16.6 Å². The fraction of sp³-hybridized carbons (Fsp3) is 0.211. The summed E-state index contributed by atoms with van der Waals surface area (Å²) >= 11 is 0. The number of rotatable bonds is 5. The van der Waals surface area contributed by atoms with E-state index in [-0.39, 0.29) is 0 Å². The first-order valence-corrected chi connectivity index (χ1v) is 7.57. The molecular weight excluding hydrogens is 304 g/mol. The number of benzene rings is 2. The van der Waals surface area contributed by atoms with Gasteiger partial charge in [-0.15, -0.1) is 0 Å². The summed E-state index contributed by atoms with van der Waals surface area (Å²) in [6, 6.07) is 13.5. The summed E-state index contributed by atoms with van der Waals surface area (Å²) in [6.45, 7) is 0.481. The lowest BCUT2D eigenvalue weighted by atomic mass is 10.0. The molecule has 1 heterocycles. The Morgan fingerprint density at radius 3 is 2.29 bits per heavy atom. The number of nitrogen functional groups attached to an aromatic ring is 1. The van der Waals surface area contributed by atoms with Gasteiger partial charge in [0.05, 0.1) is 37.6 Å². The maximum Gasteiger partial charge on any atom is 0.132 e. The molecule has 0 saturated heterocycles. The molecule has 0 bridgehead atoms. The van der Waals surface area contributed by atoms with Gasteiger partial charge in [-0.1, -0.05) is 6.07 Å². The van der Waals surface area contributed by atoms with Crippen LogP contribution in [-0.4, -0.2) is 26.3 Å². The second-order valence-corrected chi connectivity index (χ2v) is 5.42. The number of nitrogens with two attached hydrogens (primary N) is 1. The summed E-state index contributed by atoms with van der Waals surface area (Å²) in [4.78, 5) is 4.73. The quantitative estimate of drug-likeness (QED) is 0.726. The number of pyridine rings is 1. The van der Waals surface area contributed by atoms with Crippen LogP contribution in [-0.2, 0) is 11.3 Å². The van der Waals surface area contributed by atoms with Crippen LogP contribution in [0, 0.1) is 0 Å². The number of anilines is 1. The van der Waals surface area contributed by atoms with Crippen molar-refractivity contribution in [3.8, 4) is 22.8 Å². The lowest BCUT2D eigenvalue weighted by Crippen LogP contribution is -1.98. The fourth-order valence-corrected chi connectivity index (χ4v) is 2.79.